The molecule has 1 saturated carbocycles. The van der Waals surface area contributed by atoms with Gasteiger partial charge in [0.05, 0.1) is 18.8 Å². The molecule has 0 spiro atoms. The average Bonchev–Trinajstić information content (AvgIpc) is 2.27. The third-order valence-electron chi connectivity index (χ3n) is 4.03. The Hall–Kier alpha value is -0.610. The third-order valence-corrected chi connectivity index (χ3v) is 4.03. The first-order valence-corrected chi connectivity index (χ1v) is 6.33. The molecule has 1 amide bonds. The molecule has 2 fully saturated rings. The summed E-state index contributed by atoms with van der Waals surface area (Å²) in [7, 11) is 0. The van der Waals surface area contributed by atoms with Crippen LogP contribution >= 0.6 is 0 Å². The molecule has 2 aliphatic rings. The van der Waals surface area contributed by atoms with Crippen molar-refractivity contribution in [2.45, 2.75) is 38.2 Å². The van der Waals surface area contributed by atoms with E-state index < -0.39 is 0 Å². The zero-order valence-corrected chi connectivity index (χ0v) is 10.1. The number of carbonyl (C=O) groups is 1. The van der Waals surface area contributed by atoms with Gasteiger partial charge in [0.15, 0.2) is 0 Å². The number of carbonyl (C=O) groups excluding carboxylic acids is 1. The van der Waals surface area contributed by atoms with Crippen molar-refractivity contribution >= 4 is 5.91 Å². The maximum absolute atomic E-state index is 12.1. The van der Waals surface area contributed by atoms with Gasteiger partial charge in [-0.25, -0.2) is 0 Å². The lowest BCUT2D eigenvalue weighted by Crippen LogP contribution is -2.58. The van der Waals surface area contributed by atoms with E-state index in [1.807, 2.05) is 4.90 Å². The predicted molar refractivity (Wildman–Crippen MR) is 61.9 cm³/mol. The van der Waals surface area contributed by atoms with Crippen LogP contribution in [0.2, 0.25) is 0 Å². The Balaban J connectivity index is 1.97. The minimum Gasteiger partial charge on any atom is -0.370 e. The molecule has 0 aromatic carbocycles. The Bertz CT molecular complexity index is 260. The summed E-state index contributed by atoms with van der Waals surface area (Å²) in [5.74, 6) is 0.603. The van der Waals surface area contributed by atoms with Crippen LogP contribution in [0, 0.1) is 5.92 Å². The van der Waals surface area contributed by atoms with Crippen LogP contribution in [-0.2, 0) is 9.53 Å². The minimum atomic E-state index is -0.294. The van der Waals surface area contributed by atoms with Crippen molar-refractivity contribution in [2.75, 3.05) is 26.2 Å². The maximum atomic E-state index is 12.1. The van der Waals surface area contributed by atoms with E-state index in [-0.39, 0.29) is 11.5 Å². The van der Waals surface area contributed by atoms with Crippen LogP contribution in [0.4, 0.5) is 0 Å². The molecule has 4 nitrogen and oxygen atoms in total. The molecule has 2 N–H and O–H groups in total. The highest BCUT2D eigenvalue weighted by Crippen LogP contribution is 2.30. The number of rotatable bonds is 3. The zero-order valence-electron chi connectivity index (χ0n) is 10.1. The summed E-state index contributed by atoms with van der Waals surface area (Å²) in [6.07, 6.45) is 4.21. The highest BCUT2D eigenvalue weighted by molar-refractivity contribution is 5.79. The summed E-state index contributed by atoms with van der Waals surface area (Å²) in [6, 6.07) is 0. The first-order valence-electron chi connectivity index (χ1n) is 6.33. The fraction of sp³-hybridized carbons (Fsp3) is 0.917. The van der Waals surface area contributed by atoms with E-state index in [0.29, 0.717) is 25.6 Å². The highest BCUT2D eigenvalue weighted by atomic mass is 16.5. The number of hydrogen-bond acceptors (Lipinski definition) is 3. The van der Waals surface area contributed by atoms with Crippen molar-refractivity contribution in [1.29, 1.82) is 0 Å². The van der Waals surface area contributed by atoms with E-state index in [2.05, 4.69) is 6.92 Å². The van der Waals surface area contributed by atoms with Crippen LogP contribution in [0.25, 0.3) is 0 Å². The minimum absolute atomic E-state index is 0.283. The Morgan fingerprint density at radius 3 is 2.81 bits per heavy atom. The Morgan fingerprint density at radius 1 is 1.56 bits per heavy atom. The Labute approximate surface area is 97.1 Å². The fourth-order valence-electron chi connectivity index (χ4n) is 2.43. The first kappa shape index (κ1) is 11.9. The molecule has 0 bridgehead atoms. The molecular formula is C12H22N2O2. The van der Waals surface area contributed by atoms with Crippen LogP contribution in [0.1, 0.15) is 32.6 Å². The number of nitrogens with two attached hydrogens (primary N) is 1. The summed E-state index contributed by atoms with van der Waals surface area (Å²) in [6.45, 7) is 4.61. The van der Waals surface area contributed by atoms with Crippen molar-refractivity contribution < 1.29 is 9.53 Å². The fourth-order valence-corrected chi connectivity index (χ4v) is 2.43. The van der Waals surface area contributed by atoms with Gasteiger partial charge in [0, 0.05) is 19.0 Å². The van der Waals surface area contributed by atoms with E-state index in [4.69, 9.17) is 10.5 Å². The van der Waals surface area contributed by atoms with Crippen LogP contribution in [0.3, 0.4) is 0 Å². The molecule has 1 aliphatic heterocycles. The number of morpholine rings is 1. The second kappa shape index (κ2) is 4.72. The second-order valence-electron chi connectivity index (χ2n) is 4.98. The molecule has 1 heterocycles. The zero-order chi connectivity index (χ0) is 11.6. The lowest BCUT2D eigenvalue weighted by atomic mass is 9.84. The molecule has 2 rings (SSSR count). The van der Waals surface area contributed by atoms with Crippen molar-refractivity contribution in [3.63, 3.8) is 0 Å². The number of hydrogen-bond donors (Lipinski definition) is 1. The SMILES string of the molecule is CCC1(CN)CN(C(=O)C2CCC2)CCO1. The van der Waals surface area contributed by atoms with Gasteiger partial charge in [-0.1, -0.05) is 13.3 Å². The van der Waals surface area contributed by atoms with Crippen molar-refractivity contribution in [1.82, 2.24) is 4.90 Å². The molecule has 0 aromatic heterocycles. The summed E-state index contributed by atoms with van der Waals surface area (Å²) in [4.78, 5) is 14.1. The summed E-state index contributed by atoms with van der Waals surface area (Å²) in [5.41, 5.74) is 5.48. The van der Waals surface area contributed by atoms with Crippen LogP contribution in [-0.4, -0.2) is 42.6 Å². The normalized spacial score (nSPS) is 31.2. The topological polar surface area (TPSA) is 55.6 Å². The monoisotopic (exact) mass is 226 g/mol. The number of ether oxygens (including phenoxy) is 1. The average molecular weight is 226 g/mol. The first-order chi connectivity index (χ1) is 7.71. The van der Waals surface area contributed by atoms with E-state index in [0.717, 1.165) is 25.8 Å². The van der Waals surface area contributed by atoms with E-state index in [1.165, 1.54) is 6.42 Å². The van der Waals surface area contributed by atoms with Gasteiger partial charge in [0.1, 0.15) is 0 Å². The highest BCUT2D eigenvalue weighted by Gasteiger charge is 2.38. The summed E-state index contributed by atoms with van der Waals surface area (Å²) >= 11 is 0. The quantitative estimate of drug-likeness (QED) is 0.772. The van der Waals surface area contributed by atoms with Gasteiger partial charge in [0.2, 0.25) is 5.91 Å². The smallest absolute Gasteiger partial charge is 0.225 e. The Morgan fingerprint density at radius 2 is 2.31 bits per heavy atom. The second-order valence-corrected chi connectivity index (χ2v) is 4.98. The van der Waals surface area contributed by atoms with Gasteiger partial charge in [-0.2, -0.15) is 0 Å². The molecule has 16 heavy (non-hydrogen) atoms. The lowest BCUT2D eigenvalue weighted by molar-refractivity contribution is -0.156. The molecule has 92 valence electrons. The van der Waals surface area contributed by atoms with Crippen LogP contribution in [0.15, 0.2) is 0 Å². The molecular weight excluding hydrogens is 204 g/mol. The molecule has 1 saturated heterocycles. The van der Waals surface area contributed by atoms with Gasteiger partial charge in [-0.3, -0.25) is 4.79 Å². The number of nitrogens with zero attached hydrogens (tertiary/aromatic N) is 1. The molecule has 1 aliphatic carbocycles. The molecule has 0 radical (unpaired) electrons. The molecule has 4 heteroatoms. The number of amides is 1. The standard InChI is InChI=1S/C12H22N2O2/c1-2-12(8-13)9-14(6-7-16-12)11(15)10-4-3-5-10/h10H,2-9,13H2,1H3. The van der Waals surface area contributed by atoms with Gasteiger partial charge in [-0.05, 0) is 19.3 Å². The van der Waals surface area contributed by atoms with Crippen molar-refractivity contribution in [3.8, 4) is 0 Å². The maximum Gasteiger partial charge on any atom is 0.225 e. The van der Waals surface area contributed by atoms with Gasteiger partial charge >= 0.3 is 0 Å². The van der Waals surface area contributed by atoms with Gasteiger partial charge < -0.3 is 15.4 Å². The molecule has 0 aromatic rings. The third kappa shape index (κ3) is 2.09. The summed E-state index contributed by atoms with van der Waals surface area (Å²) < 4.78 is 5.76. The molecule has 1 atom stereocenters. The predicted octanol–water partition coefficient (Wildman–Crippen LogP) is 0.753. The Kier molecular flexibility index (Phi) is 3.50. The summed E-state index contributed by atoms with van der Waals surface area (Å²) in [5, 5.41) is 0. The van der Waals surface area contributed by atoms with Gasteiger partial charge in [0.25, 0.3) is 0 Å². The van der Waals surface area contributed by atoms with Gasteiger partial charge in [-0.15, -0.1) is 0 Å². The van der Waals surface area contributed by atoms with E-state index in [9.17, 15) is 4.79 Å². The van der Waals surface area contributed by atoms with Crippen LogP contribution in [0.5, 0.6) is 0 Å². The van der Waals surface area contributed by atoms with Crippen molar-refractivity contribution in [3.05, 3.63) is 0 Å². The van der Waals surface area contributed by atoms with Crippen molar-refractivity contribution in [2.24, 2.45) is 11.7 Å². The largest absolute Gasteiger partial charge is 0.370 e. The molecule has 1 unspecified atom stereocenters. The van der Waals surface area contributed by atoms with Crippen LogP contribution < -0.4 is 5.73 Å². The van der Waals surface area contributed by atoms with E-state index >= 15 is 0 Å². The van der Waals surface area contributed by atoms with E-state index in [1.54, 1.807) is 0 Å². The lowest BCUT2D eigenvalue weighted by Gasteiger charge is -2.43.